The van der Waals surface area contributed by atoms with Crippen molar-refractivity contribution in [2.75, 3.05) is 0 Å². The lowest BCUT2D eigenvalue weighted by atomic mass is 9.81. The molecule has 0 aliphatic heterocycles. The Hall–Kier alpha value is -2.74. The van der Waals surface area contributed by atoms with E-state index in [4.69, 9.17) is 4.99 Å². The maximum Gasteiger partial charge on any atom is 0.0812 e. The normalized spacial score (nSPS) is 11.9. The van der Waals surface area contributed by atoms with Crippen molar-refractivity contribution in [3.8, 4) is 11.1 Å². The number of benzene rings is 2. The molecule has 2 heteroatoms. The van der Waals surface area contributed by atoms with Gasteiger partial charge in [-0.05, 0) is 58.2 Å². The molecule has 0 fully saturated rings. The molecular formula is C27H32N2. The van der Waals surface area contributed by atoms with Crippen LogP contribution in [0.1, 0.15) is 81.7 Å². The highest BCUT2D eigenvalue weighted by Gasteiger charge is 2.20. The van der Waals surface area contributed by atoms with Gasteiger partial charge < -0.3 is 0 Å². The summed E-state index contributed by atoms with van der Waals surface area (Å²) in [5, 5.41) is 0. The first kappa shape index (κ1) is 21.0. The average molecular weight is 385 g/mol. The Labute approximate surface area is 175 Å². The van der Waals surface area contributed by atoms with Crippen molar-refractivity contribution in [3.63, 3.8) is 0 Å². The third kappa shape index (κ3) is 4.82. The van der Waals surface area contributed by atoms with Gasteiger partial charge in [0.05, 0.1) is 17.6 Å². The van der Waals surface area contributed by atoms with Gasteiger partial charge in [0.25, 0.3) is 0 Å². The van der Waals surface area contributed by atoms with Crippen molar-refractivity contribution in [2.24, 2.45) is 4.99 Å². The van der Waals surface area contributed by atoms with Crippen LogP contribution in [0.15, 0.2) is 65.8 Å². The Balaban J connectivity index is 2.22. The van der Waals surface area contributed by atoms with E-state index < -0.39 is 0 Å². The fourth-order valence-corrected chi connectivity index (χ4v) is 3.65. The SMILES string of the molecule is CC(C)c1cc(C(C)C)c(-c2ccccc2N=Cc2ccccn2)c(C(C)C)c1. The van der Waals surface area contributed by atoms with Gasteiger partial charge in [0.1, 0.15) is 0 Å². The zero-order chi connectivity index (χ0) is 21.0. The smallest absolute Gasteiger partial charge is 0.0812 e. The predicted molar refractivity (Wildman–Crippen MR) is 126 cm³/mol. The number of para-hydroxylation sites is 1. The molecule has 1 aromatic heterocycles. The number of pyridine rings is 1. The lowest BCUT2D eigenvalue weighted by Gasteiger charge is -2.24. The summed E-state index contributed by atoms with van der Waals surface area (Å²) < 4.78 is 0. The van der Waals surface area contributed by atoms with E-state index in [1.165, 1.54) is 27.8 Å². The van der Waals surface area contributed by atoms with Gasteiger partial charge in [-0.2, -0.15) is 0 Å². The summed E-state index contributed by atoms with van der Waals surface area (Å²) >= 11 is 0. The number of rotatable bonds is 6. The Morgan fingerprint density at radius 3 is 1.93 bits per heavy atom. The number of aliphatic imine (C=N–C) groups is 1. The quantitative estimate of drug-likeness (QED) is 0.397. The monoisotopic (exact) mass is 384 g/mol. The number of hydrogen-bond donors (Lipinski definition) is 0. The molecule has 0 saturated heterocycles. The van der Waals surface area contributed by atoms with Crippen molar-refractivity contribution >= 4 is 11.9 Å². The van der Waals surface area contributed by atoms with E-state index in [0.717, 1.165) is 11.4 Å². The summed E-state index contributed by atoms with van der Waals surface area (Å²) in [6.07, 6.45) is 3.65. The molecule has 0 bridgehead atoms. The van der Waals surface area contributed by atoms with Crippen LogP contribution in [0.25, 0.3) is 11.1 Å². The van der Waals surface area contributed by atoms with E-state index in [2.05, 4.69) is 82.9 Å². The topological polar surface area (TPSA) is 25.2 Å². The first-order valence-electron chi connectivity index (χ1n) is 10.6. The standard InChI is InChI=1S/C27H32N2/c1-18(2)21-15-24(19(3)4)27(25(16-21)20(5)6)23-12-7-8-13-26(23)29-17-22-11-9-10-14-28-22/h7-20H,1-6H3. The van der Waals surface area contributed by atoms with E-state index in [9.17, 15) is 0 Å². The highest BCUT2D eigenvalue weighted by atomic mass is 14.8. The van der Waals surface area contributed by atoms with E-state index in [0.29, 0.717) is 17.8 Å². The van der Waals surface area contributed by atoms with Crippen LogP contribution in [0.4, 0.5) is 5.69 Å². The average Bonchev–Trinajstić information content (AvgIpc) is 2.72. The minimum atomic E-state index is 0.439. The molecule has 0 unspecified atom stereocenters. The third-order valence-corrected chi connectivity index (χ3v) is 5.33. The van der Waals surface area contributed by atoms with Gasteiger partial charge >= 0.3 is 0 Å². The van der Waals surface area contributed by atoms with E-state index in [-0.39, 0.29) is 0 Å². The summed E-state index contributed by atoms with van der Waals surface area (Å²) in [7, 11) is 0. The molecule has 3 rings (SSSR count). The molecule has 150 valence electrons. The minimum Gasteiger partial charge on any atom is -0.255 e. The zero-order valence-corrected chi connectivity index (χ0v) is 18.5. The number of aromatic nitrogens is 1. The van der Waals surface area contributed by atoms with Crippen LogP contribution in [0, 0.1) is 0 Å². The lowest BCUT2D eigenvalue weighted by Crippen LogP contribution is -2.03. The molecular weight excluding hydrogens is 352 g/mol. The van der Waals surface area contributed by atoms with Crippen molar-refractivity contribution in [2.45, 2.75) is 59.3 Å². The van der Waals surface area contributed by atoms with Crippen LogP contribution in [0.2, 0.25) is 0 Å². The molecule has 2 aromatic carbocycles. The highest BCUT2D eigenvalue weighted by Crippen LogP contribution is 2.42. The molecule has 0 atom stereocenters. The fourth-order valence-electron chi connectivity index (χ4n) is 3.65. The summed E-state index contributed by atoms with van der Waals surface area (Å²) in [4.78, 5) is 9.19. The van der Waals surface area contributed by atoms with Crippen molar-refractivity contribution in [1.29, 1.82) is 0 Å². The van der Waals surface area contributed by atoms with Gasteiger partial charge in [0.2, 0.25) is 0 Å². The second-order valence-electron chi connectivity index (χ2n) is 8.57. The van der Waals surface area contributed by atoms with Gasteiger partial charge in [-0.25, -0.2) is 0 Å². The van der Waals surface area contributed by atoms with Crippen molar-refractivity contribution in [3.05, 3.63) is 83.2 Å². The van der Waals surface area contributed by atoms with Gasteiger partial charge in [0.15, 0.2) is 0 Å². The third-order valence-electron chi connectivity index (χ3n) is 5.33. The summed E-state index contributed by atoms with van der Waals surface area (Å²) in [5.41, 5.74) is 8.61. The summed E-state index contributed by atoms with van der Waals surface area (Å²) in [6, 6.07) is 19.1. The fraction of sp³-hybridized carbons (Fsp3) is 0.333. The van der Waals surface area contributed by atoms with Crippen LogP contribution < -0.4 is 0 Å². The maximum atomic E-state index is 4.82. The van der Waals surface area contributed by atoms with Crippen molar-refractivity contribution < 1.29 is 0 Å². The molecule has 0 spiro atoms. The first-order chi connectivity index (χ1) is 13.9. The van der Waals surface area contributed by atoms with Crippen molar-refractivity contribution in [1.82, 2.24) is 4.98 Å². The Morgan fingerprint density at radius 1 is 0.759 bits per heavy atom. The van der Waals surface area contributed by atoms with Crippen LogP contribution in [0.3, 0.4) is 0 Å². The lowest BCUT2D eigenvalue weighted by molar-refractivity contribution is 0.807. The first-order valence-corrected chi connectivity index (χ1v) is 10.6. The largest absolute Gasteiger partial charge is 0.255 e. The summed E-state index contributed by atoms with van der Waals surface area (Å²) in [6.45, 7) is 13.7. The molecule has 29 heavy (non-hydrogen) atoms. The molecule has 0 aliphatic carbocycles. The highest BCUT2D eigenvalue weighted by molar-refractivity contribution is 5.86. The van der Waals surface area contributed by atoms with Crippen LogP contribution in [0.5, 0.6) is 0 Å². The second-order valence-corrected chi connectivity index (χ2v) is 8.57. The van der Waals surface area contributed by atoms with Gasteiger partial charge in [-0.3, -0.25) is 9.98 Å². The van der Waals surface area contributed by atoms with E-state index >= 15 is 0 Å². The Bertz CT molecular complexity index is 953. The molecule has 0 N–H and O–H groups in total. The van der Waals surface area contributed by atoms with Crippen LogP contribution in [-0.4, -0.2) is 11.2 Å². The molecule has 2 nitrogen and oxygen atoms in total. The maximum absolute atomic E-state index is 4.82. The second kappa shape index (κ2) is 9.17. The van der Waals surface area contributed by atoms with Crippen LogP contribution >= 0.6 is 0 Å². The molecule has 0 amide bonds. The van der Waals surface area contributed by atoms with Crippen LogP contribution in [-0.2, 0) is 0 Å². The van der Waals surface area contributed by atoms with E-state index in [1.807, 2.05) is 24.4 Å². The summed E-state index contributed by atoms with van der Waals surface area (Å²) in [5.74, 6) is 1.39. The zero-order valence-electron chi connectivity index (χ0n) is 18.5. The van der Waals surface area contributed by atoms with Gasteiger partial charge in [0, 0.05) is 11.8 Å². The van der Waals surface area contributed by atoms with Gasteiger partial charge in [-0.15, -0.1) is 0 Å². The minimum absolute atomic E-state index is 0.439. The molecule has 1 heterocycles. The Kier molecular flexibility index (Phi) is 6.64. The molecule has 0 radical (unpaired) electrons. The molecule has 0 saturated carbocycles. The van der Waals surface area contributed by atoms with E-state index in [1.54, 1.807) is 6.20 Å². The predicted octanol–water partition coefficient (Wildman–Crippen LogP) is 7.87. The molecule has 0 aliphatic rings. The molecule has 3 aromatic rings. The Morgan fingerprint density at radius 2 is 1.38 bits per heavy atom. The number of hydrogen-bond acceptors (Lipinski definition) is 2. The number of nitrogens with zero attached hydrogens (tertiary/aromatic N) is 2. The van der Waals surface area contributed by atoms with Gasteiger partial charge in [-0.1, -0.05) is 77.9 Å².